The zero-order valence-corrected chi connectivity index (χ0v) is 10.9. The Morgan fingerprint density at radius 1 is 1.35 bits per heavy atom. The summed E-state index contributed by atoms with van der Waals surface area (Å²) in [4.78, 5) is 13.4. The molecule has 0 aromatic carbocycles. The number of carbonyl (C=O) groups is 1. The van der Waals surface area contributed by atoms with E-state index in [1.54, 1.807) is 0 Å². The Kier molecular flexibility index (Phi) is 4.26. The SMILES string of the molecule is CO/C(O)=C1/CCCCN1C(=O)OC(C)(C)C. The summed E-state index contributed by atoms with van der Waals surface area (Å²) >= 11 is 0. The molecule has 5 heteroatoms. The third-order valence-corrected chi connectivity index (χ3v) is 2.43. The number of carbonyl (C=O) groups excluding carboxylic acids is 1. The molecule has 0 bridgehead atoms. The standard InChI is InChI=1S/C12H21NO4/c1-12(2,3)17-11(15)13-8-6-5-7-9(13)10(14)16-4/h14H,5-8H2,1-4H3/b10-9-. The fourth-order valence-corrected chi connectivity index (χ4v) is 1.69. The lowest BCUT2D eigenvalue weighted by atomic mass is 10.1. The van der Waals surface area contributed by atoms with Gasteiger partial charge in [-0.2, -0.15) is 0 Å². The third-order valence-electron chi connectivity index (χ3n) is 2.43. The fourth-order valence-electron chi connectivity index (χ4n) is 1.69. The van der Waals surface area contributed by atoms with Gasteiger partial charge < -0.3 is 14.6 Å². The Bertz CT molecular complexity index is 317. The molecule has 0 aliphatic carbocycles. The molecule has 1 heterocycles. The molecule has 1 N–H and O–H groups in total. The van der Waals surface area contributed by atoms with Crippen molar-refractivity contribution in [3.05, 3.63) is 11.6 Å². The van der Waals surface area contributed by atoms with Gasteiger partial charge in [0.25, 0.3) is 5.95 Å². The summed E-state index contributed by atoms with van der Waals surface area (Å²) in [6.07, 6.45) is 2.02. The lowest BCUT2D eigenvalue weighted by molar-refractivity contribution is 0.0234. The van der Waals surface area contributed by atoms with Gasteiger partial charge in [-0.1, -0.05) is 0 Å². The van der Waals surface area contributed by atoms with Crippen molar-refractivity contribution in [3.8, 4) is 0 Å². The molecule has 1 aliphatic heterocycles. The van der Waals surface area contributed by atoms with E-state index < -0.39 is 11.7 Å². The highest BCUT2D eigenvalue weighted by molar-refractivity contribution is 5.70. The van der Waals surface area contributed by atoms with Gasteiger partial charge in [-0.15, -0.1) is 0 Å². The monoisotopic (exact) mass is 243 g/mol. The number of ether oxygens (including phenoxy) is 2. The minimum atomic E-state index is -0.539. The number of likely N-dealkylation sites (tertiary alicyclic amines) is 1. The summed E-state index contributed by atoms with van der Waals surface area (Å²) in [6.45, 7) is 5.99. The van der Waals surface area contributed by atoms with E-state index in [9.17, 15) is 9.90 Å². The molecule has 0 radical (unpaired) electrons. The Morgan fingerprint density at radius 2 is 2.00 bits per heavy atom. The van der Waals surface area contributed by atoms with Crippen molar-refractivity contribution < 1.29 is 19.4 Å². The second-order valence-corrected chi connectivity index (χ2v) is 5.05. The van der Waals surface area contributed by atoms with E-state index in [0.717, 1.165) is 12.8 Å². The van der Waals surface area contributed by atoms with Gasteiger partial charge in [0, 0.05) is 6.54 Å². The lowest BCUT2D eigenvalue weighted by Gasteiger charge is -2.31. The summed E-state index contributed by atoms with van der Waals surface area (Å²) in [5.74, 6) is -0.199. The highest BCUT2D eigenvalue weighted by Crippen LogP contribution is 2.25. The van der Waals surface area contributed by atoms with E-state index in [1.807, 2.05) is 20.8 Å². The average molecular weight is 243 g/mol. The predicted octanol–water partition coefficient (Wildman–Crippen LogP) is 2.78. The second kappa shape index (κ2) is 5.29. The number of amides is 1. The van der Waals surface area contributed by atoms with E-state index in [0.29, 0.717) is 18.7 Å². The maximum Gasteiger partial charge on any atom is 0.414 e. The van der Waals surface area contributed by atoms with Crippen LogP contribution in [-0.4, -0.2) is 35.4 Å². The number of hydrogen-bond acceptors (Lipinski definition) is 4. The first-order valence-corrected chi connectivity index (χ1v) is 5.82. The van der Waals surface area contributed by atoms with Crippen molar-refractivity contribution >= 4 is 6.09 Å². The molecule has 0 aromatic heterocycles. The highest BCUT2D eigenvalue weighted by atomic mass is 16.6. The molecule has 98 valence electrons. The van der Waals surface area contributed by atoms with E-state index in [4.69, 9.17) is 9.47 Å². The first-order chi connectivity index (χ1) is 7.85. The van der Waals surface area contributed by atoms with E-state index >= 15 is 0 Å². The normalized spacial score (nSPS) is 19.9. The van der Waals surface area contributed by atoms with Crippen LogP contribution in [0, 0.1) is 0 Å². The molecule has 0 unspecified atom stereocenters. The molecule has 1 aliphatic rings. The Morgan fingerprint density at radius 3 is 2.53 bits per heavy atom. The number of aliphatic hydroxyl groups is 1. The topological polar surface area (TPSA) is 59.0 Å². The first kappa shape index (κ1) is 13.7. The van der Waals surface area contributed by atoms with Gasteiger partial charge >= 0.3 is 6.09 Å². The zero-order valence-electron chi connectivity index (χ0n) is 10.9. The molecule has 1 rings (SSSR count). The minimum absolute atomic E-state index is 0.199. The number of hydrogen-bond donors (Lipinski definition) is 1. The number of allylic oxidation sites excluding steroid dienone is 1. The number of aliphatic hydroxyl groups excluding tert-OH is 1. The van der Waals surface area contributed by atoms with Crippen LogP contribution >= 0.6 is 0 Å². The molecule has 17 heavy (non-hydrogen) atoms. The molecule has 0 saturated carbocycles. The molecule has 1 fully saturated rings. The summed E-state index contributed by atoms with van der Waals surface area (Å²) in [5, 5.41) is 9.61. The minimum Gasteiger partial charge on any atom is -0.480 e. The molecule has 0 atom stereocenters. The molecule has 0 spiro atoms. The number of piperidine rings is 1. The van der Waals surface area contributed by atoms with Crippen LogP contribution in [0.4, 0.5) is 4.79 Å². The van der Waals surface area contributed by atoms with Crippen LogP contribution in [0.5, 0.6) is 0 Å². The molecular weight excluding hydrogens is 222 g/mol. The van der Waals surface area contributed by atoms with Gasteiger partial charge in [0.1, 0.15) is 11.3 Å². The largest absolute Gasteiger partial charge is 0.480 e. The smallest absolute Gasteiger partial charge is 0.414 e. The number of methoxy groups -OCH3 is 1. The molecule has 0 aromatic rings. The predicted molar refractivity (Wildman–Crippen MR) is 63.5 cm³/mol. The van der Waals surface area contributed by atoms with Crippen LogP contribution in [0.1, 0.15) is 40.0 Å². The van der Waals surface area contributed by atoms with Gasteiger partial charge in [-0.3, -0.25) is 4.90 Å². The number of nitrogens with zero attached hydrogens (tertiary/aromatic N) is 1. The van der Waals surface area contributed by atoms with Gasteiger partial charge in [0.05, 0.1) is 7.11 Å². The molecular formula is C12H21NO4. The van der Waals surface area contributed by atoms with E-state index in [1.165, 1.54) is 12.0 Å². The van der Waals surface area contributed by atoms with Crippen molar-refractivity contribution in [2.75, 3.05) is 13.7 Å². The molecule has 5 nitrogen and oxygen atoms in total. The van der Waals surface area contributed by atoms with Crippen LogP contribution in [0.15, 0.2) is 11.6 Å². The van der Waals surface area contributed by atoms with Crippen molar-refractivity contribution in [3.63, 3.8) is 0 Å². The van der Waals surface area contributed by atoms with Crippen LogP contribution < -0.4 is 0 Å². The fraction of sp³-hybridized carbons (Fsp3) is 0.750. The molecule has 1 saturated heterocycles. The van der Waals surface area contributed by atoms with Crippen molar-refractivity contribution in [1.82, 2.24) is 4.90 Å². The molecule has 1 amide bonds. The summed E-state index contributed by atoms with van der Waals surface area (Å²) < 4.78 is 10.1. The van der Waals surface area contributed by atoms with E-state index in [2.05, 4.69) is 0 Å². The first-order valence-electron chi connectivity index (χ1n) is 5.82. The third kappa shape index (κ3) is 3.84. The van der Waals surface area contributed by atoms with Crippen molar-refractivity contribution in [2.45, 2.75) is 45.6 Å². The van der Waals surface area contributed by atoms with Crippen molar-refractivity contribution in [1.29, 1.82) is 0 Å². The van der Waals surface area contributed by atoms with Crippen molar-refractivity contribution in [2.24, 2.45) is 0 Å². The average Bonchev–Trinajstić information content (AvgIpc) is 2.25. The lowest BCUT2D eigenvalue weighted by Crippen LogP contribution is -2.39. The van der Waals surface area contributed by atoms with Gasteiger partial charge in [-0.25, -0.2) is 4.79 Å². The van der Waals surface area contributed by atoms with Crippen LogP contribution in [0.25, 0.3) is 0 Å². The highest BCUT2D eigenvalue weighted by Gasteiger charge is 2.29. The zero-order chi connectivity index (χ0) is 13.1. The summed E-state index contributed by atoms with van der Waals surface area (Å²) in [5.41, 5.74) is -0.0319. The van der Waals surface area contributed by atoms with Gasteiger partial charge in [0.15, 0.2) is 0 Å². The van der Waals surface area contributed by atoms with Gasteiger partial charge in [-0.05, 0) is 40.0 Å². The summed E-state index contributed by atoms with van der Waals surface area (Å²) in [6, 6.07) is 0. The Labute approximate surface area is 102 Å². The second-order valence-electron chi connectivity index (χ2n) is 5.05. The Balaban J connectivity index is 2.82. The quantitative estimate of drug-likeness (QED) is 0.719. The van der Waals surface area contributed by atoms with E-state index in [-0.39, 0.29) is 5.95 Å². The van der Waals surface area contributed by atoms with Gasteiger partial charge in [0.2, 0.25) is 0 Å². The number of rotatable bonds is 1. The Hall–Kier alpha value is -1.39. The maximum atomic E-state index is 11.9. The van der Waals surface area contributed by atoms with Crippen LogP contribution in [0.3, 0.4) is 0 Å². The summed E-state index contributed by atoms with van der Waals surface area (Å²) in [7, 11) is 1.38. The van der Waals surface area contributed by atoms with Crippen LogP contribution in [-0.2, 0) is 9.47 Å². The van der Waals surface area contributed by atoms with Crippen LogP contribution in [0.2, 0.25) is 0 Å². The maximum absolute atomic E-state index is 11.9.